The van der Waals surface area contributed by atoms with E-state index in [1.165, 1.54) is 17.8 Å². The van der Waals surface area contributed by atoms with E-state index in [0.717, 1.165) is 17.7 Å². The Kier molecular flexibility index (Phi) is 5.68. The first kappa shape index (κ1) is 18.1. The molecular formula is C19H16F2N2O2S. The average molecular weight is 374 g/mol. The number of carbonyl (C=O) groups is 1. The zero-order chi connectivity index (χ0) is 18.5. The molecule has 3 aromatic rings. The normalized spacial score (nSPS) is 12.0. The molecule has 3 rings (SSSR count). The number of anilines is 1. The number of hydrogen-bond acceptors (Lipinski definition) is 4. The molecule has 1 amide bonds. The third-order valence-electron chi connectivity index (χ3n) is 3.62. The molecule has 0 fully saturated rings. The number of halogens is 2. The smallest absolute Gasteiger partial charge is 0.243 e. The van der Waals surface area contributed by atoms with Crippen molar-refractivity contribution in [2.75, 3.05) is 5.32 Å². The molecule has 4 nitrogen and oxygen atoms in total. The Hall–Kier alpha value is -2.67. The highest BCUT2D eigenvalue weighted by molar-refractivity contribution is 7.99. The largest absolute Gasteiger partial charge is 0.360 e. The minimum atomic E-state index is -0.901. The van der Waals surface area contributed by atoms with Gasteiger partial charge in [0.05, 0.1) is 0 Å². The van der Waals surface area contributed by atoms with E-state index in [1.807, 2.05) is 30.3 Å². The molecule has 1 N–H and O–H groups in total. The van der Waals surface area contributed by atoms with Gasteiger partial charge < -0.3 is 9.84 Å². The van der Waals surface area contributed by atoms with Crippen LogP contribution in [0.1, 0.15) is 22.1 Å². The second-order valence-corrected chi connectivity index (χ2v) is 6.76. The lowest BCUT2D eigenvalue weighted by Crippen LogP contribution is -2.19. The summed E-state index contributed by atoms with van der Waals surface area (Å²) in [5.41, 5.74) is 1.40. The zero-order valence-electron chi connectivity index (χ0n) is 13.9. The summed E-state index contributed by atoms with van der Waals surface area (Å²) in [6.07, 6.45) is 0. The molecular weight excluding hydrogens is 358 g/mol. The number of amides is 1. The summed E-state index contributed by atoms with van der Waals surface area (Å²) in [6, 6.07) is 14.6. The quantitative estimate of drug-likeness (QED) is 0.668. The van der Waals surface area contributed by atoms with Crippen molar-refractivity contribution in [2.24, 2.45) is 0 Å². The molecule has 0 aliphatic rings. The molecule has 26 heavy (non-hydrogen) atoms. The number of thioether (sulfide) groups is 1. The lowest BCUT2D eigenvalue weighted by molar-refractivity contribution is -0.115. The number of hydrogen-bond donors (Lipinski definition) is 1. The highest BCUT2D eigenvalue weighted by atomic mass is 32.2. The van der Waals surface area contributed by atoms with Gasteiger partial charge in [-0.15, -0.1) is 11.8 Å². The van der Waals surface area contributed by atoms with E-state index >= 15 is 0 Å². The van der Waals surface area contributed by atoms with Crippen LogP contribution in [0.25, 0.3) is 0 Å². The average Bonchev–Trinajstić information content (AvgIpc) is 3.04. The number of nitrogens with one attached hydrogen (secondary N) is 1. The summed E-state index contributed by atoms with van der Waals surface area (Å²) < 4.78 is 31.4. The summed E-state index contributed by atoms with van der Waals surface area (Å²) in [4.78, 5) is 12.7. The van der Waals surface area contributed by atoms with E-state index in [0.29, 0.717) is 22.9 Å². The molecule has 134 valence electrons. The molecule has 0 bridgehead atoms. The van der Waals surface area contributed by atoms with Crippen molar-refractivity contribution >= 4 is 23.5 Å². The summed E-state index contributed by atoms with van der Waals surface area (Å²) in [7, 11) is 0. The van der Waals surface area contributed by atoms with Gasteiger partial charge in [0.1, 0.15) is 11.0 Å². The van der Waals surface area contributed by atoms with Gasteiger partial charge in [0, 0.05) is 11.8 Å². The second kappa shape index (κ2) is 8.14. The molecule has 1 heterocycles. The zero-order valence-corrected chi connectivity index (χ0v) is 14.7. The van der Waals surface area contributed by atoms with E-state index < -0.39 is 16.9 Å². The fourth-order valence-corrected chi connectivity index (χ4v) is 3.48. The molecule has 0 aliphatic heterocycles. The van der Waals surface area contributed by atoms with Crippen LogP contribution in [0.2, 0.25) is 0 Å². The maximum Gasteiger partial charge on any atom is 0.243 e. The highest BCUT2D eigenvalue weighted by Crippen LogP contribution is 2.33. The Morgan fingerprint density at radius 2 is 1.92 bits per heavy atom. The summed E-state index contributed by atoms with van der Waals surface area (Å²) >= 11 is 1.32. The van der Waals surface area contributed by atoms with Gasteiger partial charge in [-0.25, -0.2) is 8.78 Å². The predicted molar refractivity (Wildman–Crippen MR) is 96.7 cm³/mol. The van der Waals surface area contributed by atoms with Gasteiger partial charge in [0.25, 0.3) is 0 Å². The minimum Gasteiger partial charge on any atom is -0.360 e. The SMILES string of the molecule is Cc1cc(NC(=O)C(SCc2ccc(F)c(F)c2)c2ccccc2)no1. The van der Waals surface area contributed by atoms with Crippen molar-refractivity contribution in [3.05, 3.63) is 83.1 Å². The molecule has 7 heteroatoms. The fraction of sp³-hybridized carbons (Fsp3) is 0.158. The first-order chi connectivity index (χ1) is 12.5. The molecule has 0 aliphatic carbocycles. The summed E-state index contributed by atoms with van der Waals surface area (Å²) in [5, 5.41) is 5.94. The van der Waals surface area contributed by atoms with E-state index in [1.54, 1.807) is 13.0 Å². The van der Waals surface area contributed by atoms with Crippen LogP contribution in [-0.2, 0) is 10.5 Å². The van der Waals surface area contributed by atoms with Gasteiger partial charge in [-0.1, -0.05) is 41.6 Å². The Morgan fingerprint density at radius 3 is 2.58 bits per heavy atom. The molecule has 0 saturated heterocycles. The van der Waals surface area contributed by atoms with Gasteiger partial charge in [-0.05, 0) is 30.2 Å². The maximum absolute atomic E-state index is 13.4. The van der Waals surface area contributed by atoms with Crippen LogP contribution in [0.15, 0.2) is 59.1 Å². The third kappa shape index (κ3) is 4.49. The minimum absolute atomic E-state index is 0.267. The Bertz CT molecular complexity index is 900. The number of benzene rings is 2. The van der Waals surface area contributed by atoms with Gasteiger partial charge in [0.15, 0.2) is 17.5 Å². The first-order valence-corrected chi connectivity index (χ1v) is 8.92. The van der Waals surface area contributed by atoms with E-state index in [2.05, 4.69) is 10.5 Å². The van der Waals surface area contributed by atoms with E-state index in [-0.39, 0.29) is 5.91 Å². The van der Waals surface area contributed by atoms with Crippen molar-refractivity contribution in [3.63, 3.8) is 0 Å². The van der Waals surface area contributed by atoms with Gasteiger partial charge in [0.2, 0.25) is 5.91 Å². The van der Waals surface area contributed by atoms with Crippen LogP contribution in [0, 0.1) is 18.6 Å². The Balaban J connectivity index is 1.76. The Morgan fingerprint density at radius 1 is 1.15 bits per heavy atom. The second-order valence-electron chi connectivity index (χ2n) is 5.66. The van der Waals surface area contributed by atoms with Crippen molar-refractivity contribution in [1.82, 2.24) is 5.16 Å². The lowest BCUT2D eigenvalue weighted by Gasteiger charge is -2.16. The fourth-order valence-electron chi connectivity index (χ4n) is 2.38. The van der Waals surface area contributed by atoms with Crippen LogP contribution in [0.4, 0.5) is 14.6 Å². The molecule has 0 radical (unpaired) electrons. The number of carbonyl (C=O) groups excluding carboxylic acids is 1. The van der Waals surface area contributed by atoms with Crippen molar-refractivity contribution in [2.45, 2.75) is 17.9 Å². The van der Waals surface area contributed by atoms with Crippen LogP contribution < -0.4 is 5.32 Å². The highest BCUT2D eigenvalue weighted by Gasteiger charge is 2.22. The first-order valence-electron chi connectivity index (χ1n) is 7.87. The molecule has 1 atom stereocenters. The monoisotopic (exact) mass is 374 g/mol. The van der Waals surface area contributed by atoms with Crippen LogP contribution in [-0.4, -0.2) is 11.1 Å². The maximum atomic E-state index is 13.4. The number of aromatic nitrogens is 1. The molecule has 0 spiro atoms. The predicted octanol–water partition coefficient (Wildman–Crippen LogP) is 4.87. The van der Waals surface area contributed by atoms with Crippen LogP contribution in [0.3, 0.4) is 0 Å². The van der Waals surface area contributed by atoms with E-state index in [4.69, 9.17) is 4.52 Å². The van der Waals surface area contributed by atoms with Crippen LogP contribution >= 0.6 is 11.8 Å². The topological polar surface area (TPSA) is 55.1 Å². The van der Waals surface area contributed by atoms with Crippen LogP contribution in [0.5, 0.6) is 0 Å². The van der Waals surface area contributed by atoms with Gasteiger partial charge in [-0.3, -0.25) is 4.79 Å². The van der Waals surface area contributed by atoms with Crippen molar-refractivity contribution in [1.29, 1.82) is 0 Å². The standard InChI is InChI=1S/C19H16F2N2O2S/c1-12-9-17(23-25-12)22-19(24)18(14-5-3-2-4-6-14)26-11-13-7-8-15(20)16(21)10-13/h2-10,18H,11H2,1H3,(H,22,23,24). The molecule has 2 aromatic carbocycles. The van der Waals surface area contributed by atoms with Crippen molar-refractivity contribution in [3.8, 4) is 0 Å². The number of nitrogens with zero attached hydrogens (tertiary/aromatic N) is 1. The molecule has 1 unspecified atom stereocenters. The molecule has 0 saturated carbocycles. The summed E-state index contributed by atoms with van der Waals surface area (Å²) in [6.45, 7) is 1.73. The van der Waals surface area contributed by atoms with Crippen molar-refractivity contribution < 1.29 is 18.1 Å². The van der Waals surface area contributed by atoms with Gasteiger partial charge in [-0.2, -0.15) is 0 Å². The molecule has 1 aromatic heterocycles. The van der Waals surface area contributed by atoms with Gasteiger partial charge >= 0.3 is 0 Å². The number of aryl methyl sites for hydroxylation is 1. The Labute approximate surface area is 153 Å². The number of rotatable bonds is 6. The third-order valence-corrected chi connectivity index (χ3v) is 4.94. The van der Waals surface area contributed by atoms with E-state index in [9.17, 15) is 13.6 Å². The summed E-state index contributed by atoms with van der Waals surface area (Å²) in [5.74, 6) is -0.786. The lowest BCUT2D eigenvalue weighted by atomic mass is 10.1.